The van der Waals surface area contributed by atoms with E-state index >= 15 is 0 Å². The van der Waals surface area contributed by atoms with Crippen LogP contribution in [0.4, 0.5) is 0 Å². The number of carbonyl (C=O) groups is 2. The molecular weight excluding hydrogens is 330 g/mol. The highest BCUT2D eigenvalue weighted by atomic mass is 16.3. The highest BCUT2D eigenvalue weighted by Crippen LogP contribution is 2.43. The van der Waals surface area contributed by atoms with Crippen LogP contribution in [0.3, 0.4) is 0 Å². The number of ketones is 2. The lowest BCUT2D eigenvalue weighted by molar-refractivity contribution is -0.133. The molecular formula is C21H37NO4. The SMILES string of the molecule is CC(C)CCC1C(=O)C(C(=O)CC(C)C)=C(N)[C@@]1(O)[C@@H](O)CCC(C)C. The van der Waals surface area contributed by atoms with Crippen LogP contribution in [0.15, 0.2) is 11.3 Å². The molecule has 4 N–H and O–H groups in total. The van der Waals surface area contributed by atoms with Crippen molar-refractivity contribution in [3.8, 4) is 0 Å². The van der Waals surface area contributed by atoms with Crippen molar-refractivity contribution in [2.24, 2.45) is 29.4 Å². The van der Waals surface area contributed by atoms with Gasteiger partial charge in [-0.15, -0.1) is 0 Å². The highest BCUT2D eigenvalue weighted by molar-refractivity contribution is 6.24. The Morgan fingerprint density at radius 1 is 1.04 bits per heavy atom. The van der Waals surface area contributed by atoms with Crippen molar-refractivity contribution < 1.29 is 19.8 Å². The first kappa shape index (κ1) is 22.8. The summed E-state index contributed by atoms with van der Waals surface area (Å²) >= 11 is 0. The van der Waals surface area contributed by atoms with Crippen molar-refractivity contribution in [1.29, 1.82) is 0 Å². The van der Waals surface area contributed by atoms with Crippen molar-refractivity contribution in [1.82, 2.24) is 0 Å². The van der Waals surface area contributed by atoms with Gasteiger partial charge in [-0.3, -0.25) is 9.59 Å². The summed E-state index contributed by atoms with van der Waals surface area (Å²) < 4.78 is 0. The molecule has 0 radical (unpaired) electrons. The van der Waals surface area contributed by atoms with E-state index in [1.54, 1.807) is 0 Å². The number of aliphatic hydroxyl groups excluding tert-OH is 1. The number of hydrogen-bond acceptors (Lipinski definition) is 5. The third kappa shape index (κ3) is 4.95. The van der Waals surface area contributed by atoms with Gasteiger partial charge < -0.3 is 15.9 Å². The van der Waals surface area contributed by atoms with E-state index in [2.05, 4.69) is 0 Å². The van der Waals surface area contributed by atoms with Gasteiger partial charge in [-0.05, 0) is 37.0 Å². The molecule has 1 aliphatic rings. The molecule has 150 valence electrons. The Morgan fingerprint density at radius 2 is 1.58 bits per heavy atom. The van der Waals surface area contributed by atoms with Gasteiger partial charge in [0.05, 0.1) is 23.3 Å². The Hall–Kier alpha value is -1.20. The first-order chi connectivity index (χ1) is 11.9. The van der Waals surface area contributed by atoms with E-state index in [0.717, 1.165) is 0 Å². The van der Waals surface area contributed by atoms with E-state index in [1.165, 1.54) is 0 Å². The monoisotopic (exact) mass is 367 g/mol. The van der Waals surface area contributed by atoms with Crippen molar-refractivity contribution in [3.63, 3.8) is 0 Å². The predicted octanol–water partition coefficient (Wildman–Crippen LogP) is 2.98. The number of allylic oxidation sites excluding steroid dienone is 1. The maximum absolute atomic E-state index is 13.0. The summed E-state index contributed by atoms with van der Waals surface area (Å²) in [5.74, 6) is -0.797. The van der Waals surface area contributed by atoms with Gasteiger partial charge in [0.15, 0.2) is 11.6 Å². The summed E-state index contributed by atoms with van der Waals surface area (Å²) in [6, 6.07) is 0. The van der Waals surface area contributed by atoms with Gasteiger partial charge in [0, 0.05) is 6.42 Å². The van der Waals surface area contributed by atoms with Crippen LogP contribution in [0.2, 0.25) is 0 Å². The van der Waals surface area contributed by atoms with Gasteiger partial charge in [0.2, 0.25) is 0 Å². The first-order valence-corrected chi connectivity index (χ1v) is 9.90. The lowest BCUT2D eigenvalue weighted by atomic mass is 9.77. The number of nitrogens with two attached hydrogens (primary N) is 1. The molecule has 0 aromatic carbocycles. The average molecular weight is 368 g/mol. The second kappa shape index (κ2) is 9.14. The maximum Gasteiger partial charge on any atom is 0.174 e. The molecule has 1 rings (SSSR count). The Labute approximate surface area is 158 Å². The molecule has 0 aromatic rings. The van der Waals surface area contributed by atoms with Crippen LogP contribution in [-0.2, 0) is 9.59 Å². The number of aliphatic hydroxyl groups is 2. The van der Waals surface area contributed by atoms with Crippen LogP contribution in [0.1, 0.15) is 73.6 Å². The largest absolute Gasteiger partial charge is 0.399 e. The molecule has 0 saturated carbocycles. The molecule has 0 bridgehead atoms. The second-order valence-electron chi connectivity index (χ2n) is 9.01. The van der Waals surface area contributed by atoms with E-state index in [1.807, 2.05) is 41.5 Å². The smallest absolute Gasteiger partial charge is 0.174 e. The Kier molecular flexibility index (Phi) is 8.03. The van der Waals surface area contributed by atoms with Gasteiger partial charge in [-0.2, -0.15) is 0 Å². The Bertz CT molecular complexity index is 550. The number of Topliss-reactive ketones (excluding diaryl/α,β-unsaturated/α-hetero) is 2. The van der Waals surface area contributed by atoms with Gasteiger partial charge in [0.1, 0.15) is 5.60 Å². The molecule has 5 nitrogen and oxygen atoms in total. The molecule has 1 unspecified atom stereocenters. The van der Waals surface area contributed by atoms with E-state index in [-0.39, 0.29) is 29.4 Å². The molecule has 1 aliphatic carbocycles. The highest BCUT2D eigenvalue weighted by Gasteiger charge is 2.56. The summed E-state index contributed by atoms with van der Waals surface area (Å²) in [7, 11) is 0. The normalized spacial score (nSPS) is 25.0. The lowest BCUT2D eigenvalue weighted by Crippen LogP contribution is -2.51. The molecule has 0 aliphatic heterocycles. The summed E-state index contributed by atoms with van der Waals surface area (Å²) in [5, 5.41) is 22.1. The standard InChI is InChI=1S/C21H37NO4/c1-12(2)7-9-15-19(25)18(16(23)11-14(5)6)20(22)21(15,26)17(24)10-8-13(3)4/h12-15,17,24,26H,7-11,22H2,1-6H3/t15?,17-,21-/m0/s1. The molecule has 5 heteroatoms. The summed E-state index contributed by atoms with van der Waals surface area (Å²) in [6.45, 7) is 11.9. The zero-order valence-electron chi connectivity index (χ0n) is 17.2. The van der Waals surface area contributed by atoms with Crippen LogP contribution >= 0.6 is 0 Å². The minimum atomic E-state index is -1.84. The summed E-state index contributed by atoms with van der Waals surface area (Å²) in [4.78, 5) is 25.6. The summed E-state index contributed by atoms with van der Waals surface area (Å²) in [6.07, 6.45) is 1.22. The van der Waals surface area contributed by atoms with Gasteiger partial charge in [0.25, 0.3) is 0 Å². The second-order valence-corrected chi connectivity index (χ2v) is 9.01. The fraction of sp³-hybridized carbons (Fsp3) is 0.810. The predicted molar refractivity (Wildman–Crippen MR) is 103 cm³/mol. The van der Waals surface area contributed by atoms with E-state index in [0.29, 0.717) is 37.5 Å². The average Bonchev–Trinajstić information content (AvgIpc) is 2.69. The fourth-order valence-corrected chi connectivity index (χ4v) is 3.63. The molecule has 3 atom stereocenters. The van der Waals surface area contributed by atoms with E-state index < -0.39 is 23.4 Å². The van der Waals surface area contributed by atoms with Crippen LogP contribution in [0.25, 0.3) is 0 Å². The molecule has 26 heavy (non-hydrogen) atoms. The van der Waals surface area contributed by atoms with E-state index in [4.69, 9.17) is 5.73 Å². The minimum Gasteiger partial charge on any atom is -0.399 e. The number of rotatable bonds is 10. The third-order valence-corrected chi connectivity index (χ3v) is 5.23. The number of carbonyl (C=O) groups excluding carboxylic acids is 2. The van der Waals surface area contributed by atoms with Gasteiger partial charge in [-0.25, -0.2) is 0 Å². The molecule has 0 spiro atoms. The molecule has 0 fully saturated rings. The molecule has 0 heterocycles. The van der Waals surface area contributed by atoms with Gasteiger partial charge in [-0.1, -0.05) is 48.0 Å². The lowest BCUT2D eigenvalue weighted by Gasteiger charge is -2.35. The molecule has 0 amide bonds. The van der Waals surface area contributed by atoms with Crippen LogP contribution in [0, 0.1) is 23.7 Å². The van der Waals surface area contributed by atoms with Crippen LogP contribution in [0.5, 0.6) is 0 Å². The topological polar surface area (TPSA) is 101 Å². The van der Waals surface area contributed by atoms with Crippen molar-refractivity contribution in [3.05, 3.63) is 11.3 Å². The molecule has 0 saturated heterocycles. The van der Waals surface area contributed by atoms with Crippen molar-refractivity contribution in [2.75, 3.05) is 0 Å². The minimum absolute atomic E-state index is 0.0847. The molecule has 0 aromatic heterocycles. The quantitative estimate of drug-likeness (QED) is 0.515. The first-order valence-electron chi connectivity index (χ1n) is 9.90. The summed E-state index contributed by atoms with van der Waals surface area (Å²) in [5.41, 5.74) is 4.10. The third-order valence-electron chi connectivity index (χ3n) is 5.23. The van der Waals surface area contributed by atoms with Crippen LogP contribution < -0.4 is 5.73 Å². The Morgan fingerprint density at radius 3 is 2.04 bits per heavy atom. The Balaban J connectivity index is 3.24. The van der Waals surface area contributed by atoms with Crippen molar-refractivity contribution >= 4 is 11.6 Å². The van der Waals surface area contributed by atoms with Crippen molar-refractivity contribution in [2.45, 2.75) is 85.4 Å². The van der Waals surface area contributed by atoms with Crippen LogP contribution in [-0.4, -0.2) is 33.5 Å². The number of hydrogen-bond donors (Lipinski definition) is 3. The van der Waals surface area contributed by atoms with Gasteiger partial charge >= 0.3 is 0 Å². The maximum atomic E-state index is 13.0. The zero-order valence-corrected chi connectivity index (χ0v) is 17.2. The fourth-order valence-electron chi connectivity index (χ4n) is 3.63. The zero-order chi connectivity index (χ0) is 20.2. The van der Waals surface area contributed by atoms with E-state index in [9.17, 15) is 19.8 Å².